The van der Waals surface area contributed by atoms with Crippen molar-refractivity contribution in [2.45, 2.75) is 13.0 Å². The predicted octanol–water partition coefficient (Wildman–Crippen LogP) is 3.65. The molecule has 0 amide bonds. The quantitative estimate of drug-likeness (QED) is 0.869. The van der Waals surface area contributed by atoms with Gasteiger partial charge in [-0.25, -0.2) is 0 Å². The third-order valence-corrected chi connectivity index (χ3v) is 2.83. The molecular formula is C17H15ClO2. The Labute approximate surface area is 124 Å². The van der Waals surface area contributed by atoms with Gasteiger partial charge in [-0.05, 0) is 35.9 Å². The summed E-state index contributed by atoms with van der Waals surface area (Å²) in [6.45, 7) is 0.556. The first kappa shape index (κ1) is 14.5. The molecule has 0 heterocycles. The van der Waals surface area contributed by atoms with Crippen LogP contribution in [0.4, 0.5) is 0 Å². The lowest BCUT2D eigenvalue weighted by Crippen LogP contribution is -1.95. The summed E-state index contributed by atoms with van der Waals surface area (Å²) in [4.78, 5) is 0. The highest BCUT2D eigenvalue weighted by Crippen LogP contribution is 2.18. The van der Waals surface area contributed by atoms with E-state index in [0.717, 1.165) is 16.9 Å². The van der Waals surface area contributed by atoms with Crippen molar-refractivity contribution in [3.8, 4) is 17.6 Å². The van der Waals surface area contributed by atoms with Crippen molar-refractivity contribution in [2.24, 2.45) is 0 Å². The van der Waals surface area contributed by atoms with Crippen molar-refractivity contribution in [1.82, 2.24) is 0 Å². The van der Waals surface area contributed by atoms with Crippen LogP contribution in [-0.2, 0) is 6.61 Å². The number of aliphatic hydroxyl groups is 1. The lowest BCUT2D eigenvalue weighted by atomic mass is 10.1. The second kappa shape index (κ2) is 7.59. The summed E-state index contributed by atoms with van der Waals surface area (Å²) in [5.41, 5.74) is 1.96. The molecule has 2 nitrogen and oxygen atoms in total. The van der Waals surface area contributed by atoms with Crippen LogP contribution in [-0.4, -0.2) is 11.7 Å². The van der Waals surface area contributed by atoms with E-state index in [9.17, 15) is 0 Å². The molecule has 0 aliphatic rings. The SMILES string of the molecule is OCCC#Cc1cccc(COc2cccc(Cl)c2)c1. The van der Waals surface area contributed by atoms with Crippen molar-refractivity contribution < 1.29 is 9.84 Å². The molecule has 0 aliphatic heterocycles. The van der Waals surface area contributed by atoms with Gasteiger partial charge < -0.3 is 9.84 Å². The summed E-state index contributed by atoms with van der Waals surface area (Å²) in [6, 6.07) is 15.2. The van der Waals surface area contributed by atoms with Gasteiger partial charge >= 0.3 is 0 Å². The van der Waals surface area contributed by atoms with E-state index in [1.807, 2.05) is 42.5 Å². The minimum absolute atomic E-state index is 0.0879. The number of benzene rings is 2. The Kier molecular flexibility index (Phi) is 5.49. The highest BCUT2D eigenvalue weighted by atomic mass is 35.5. The molecule has 0 unspecified atom stereocenters. The van der Waals surface area contributed by atoms with E-state index < -0.39 is 0 Å². The molecule has 102 valence electrons. The smallest absolute Gasteiger partial charge is 0.121 e. The second-order valence-corrected chi connectivity index (χ2v) is 4.66. The molecular weight excluding hydrogens is 272 g/mol. The second-order valence-electron chi connectivity index (χ2n) is 4.22. The molecule has 0 atom stereocenters. The number of aliphatic hydroxyl groups excluding tert-OH is 1. The number of hydrogen-bond acceptors (Lipinski definition) is 2. The zero-order chi connectivity index (χ0) is 14.2. The summed E-state index contributed by atoms with van der Waals surface area (Å²) in [7, 11) is 0. The van der Waals surface area contributed by atoms with Gasteiger partial charge in [0.15, 0.2) is 0 Å². The number of ether oxygens (including phenoxy) is 1. The van der Waals surface area contributed by atoms with Gasteiger partial charge in [0, 0.05) is 17.0 Å². The molecule has 3 heteroatoms. The van der Waals surface area contributed by atoms with Gasteiger partial charge in [-0.3, -0.25) is 0 Å². The van der Waals surface area contributed by atoms with Gasteiger partial charge in [0.25, 0.3) is 0 Å². The van der Waals surface area contributed by atoms with Crippen LogP contribution in [0.1, 0.15) is 17.5 Å². The monoisotopic (exact) mass is 286 g/mol. The Morgan fingerprint density at radius 3 is 2.75 bits per heavy atom. The largest absolute Gasteiger partial charge is 0.489 e. The molecule has 0 spiro atoms. The van der Waals surface area contributed by atoms with Gasteiger partial charge in [0.1, 0.15) is 12.4 Å². The molecule has 0 fully saturated rings. The Balaban J connectivity index is 2.00. The average Bonchev–Trinajstić information content (AvgIpc) is 2.46. The van der Waals surface area contributed by atoms with Crippen molar-refractivity contribution in [1.29, 1.82) is 0 Å². The molecule has 0 bridgehead atoms. The van der Waals surface area contributed by atoms with Crippen LogP contribution in [0.2, 0.25) is 5.02 Å². The van der Waals surface area contributed by atoms with Crippen LogP contribution in [0.15, 0.2) is 48.5 Å². The van der Waals surface area contributed by atoms with E-state index in [1.165, 1.54) is 0 Å². The first-order valence-electron chi connectivity index (χ1n) is 6.35. The molecule has 0 saturated heterocycles. The van der Waals surface area contributed by atoms with Gasteiger partial charge in [-0.15, -0.1) is 0 Å². The summed E-state index contributed by atoms with van der Waals surface area (Å²) >= 11 is 5.90. The minimum atomic E-state index is 0.0879. The van der Waals surface area contributed by atoms with Crippen LogP contribution in [0, 0.1) is 11.8 Å². The molecule has 2 rings (SSSR count). The molecule has 0 saturated carbocycles. The van der Waals surface area contributed by atoms with Gasteiger partial charge in [-0.1, -0.05) is 41.6 Å². The Morgan fingerprint density at radius 1 is 1.10 bits per heavy atom. The fraction of sp³-hybridized carbons (Fsp3) is 0.176. The van der Waals surface area contributed by atoms with Crippen LogP contribution < -0.4 is 4.74 Å². The third kappa shape index (κ3) is 4.62. The van der Waals surface area contributed by atoms with E-state index in [0.29, 0.717) is 18.1 Å². The van der Waals surface area contributed by atoms with Crippen LogP contribution in [0.25, 0.3) is 0 Å². The molecule has 2 aromatic carbocycles. The lowest BCUT2D eigenvalue weighted by molar-refractivity contribution is 0.305. The first-order chi connectivity index (χ1) is 9.78. The maximum atomic E-state index is 8.70. The Bertz CT molecular complexity index is 626. The van der Waals surface area contributed by atoms with E-state index in [-0.39, 0.29) is 6.61 Å². The summed E-state index contributed by atoms with van der Waals surface area (Å²) in [5, 5.41) is 9.36. The molecule has 0 aromatic heterocycles. The van der Waals surface area contributed by atoms with Crippen LogP contribution in [0.5, 0.6) is 5.75 Å². The Morgan fingerprint density at radius 2 is 1.95 bits per heavy atom. The fourth-order valence-corrected chi connectivity index (χ4v) is 1.86. The maximum Gasteiger partial charge on any atom is 0.121 e. The lowest BCUT2D eigenvalue weighted by Gasteiger charge is -2.06. The van der Waals surface area contributed by atoms with E-state index in [4.69, 9.17) is 21.4 Å². The van der Waals surface area contributed by atoms with Crippen molar-refractivity contribution >= 4 is 11.6 Å². The van der Waals surface area contributed by atoms with Gasteiger partial charge in [0.2, 0.25) is 0 Å². The van der Waals surface area contributed by atoms with E-state index in [1.54, 1.807) is 6.07 Å². The zero-order valence-electron chi connectivity index (χ0n) is 11.0. The topological polar surface area (TPSA) is 29.5 Å². The van der Waals surface area contributed by atoms with Crippen molar-refractivity contribution in [2.75, 3.05) is 6.61 Å². The number of halogens is 1. The number of hydrogen-bond donors (Lipinski definition) is 1. The number of rotatable bonds is 4. The molecule has 0 radical (unpaired) electrons. The van der Waals surface area contributed by atoms with Crippen LogP contribution >= 0.6 is 11.6 Å². The van der Waals surface area contributed by atoms with E-state index >= 15 is 0 Å². The maximum absolute atomic E-state index is 8.70. The predicted molar refractivity (Wildman–Crippen MR) is 80.8 cm³/mol. The average molecular weight is 287 g/mol. The third-order valence-electron chi connectivity index (χ3n) is 2.60. The minimum Gasteiger partial charge on any atom is -0.489 e. The standard InChI is InChI=1S/C17H15ClO2/c18-16-8-4-9-17(12-16)20-13-15-7-3-6-14(11-15)5-1-2-10-19/h3-4,6-9,11-12,19H,2,10,13H2. The molecule has 0 aliphatic carbocycles. The normalized spacial score (nSPS) is 9.70. The first-order valence-corrected chi connectivity index (χ1v) is 6.73. The molecule has 1 N–H and O–H groups in total. The van der Waals surface area contributed by atoms with Crippen molar-refractivity contribution in [3.05, 3.63) is 64.7 Å². The van der Waals surface area contributed by atoms with Crippen molar-refractivity contribution in [3.63, 3.8) is 0 Å². The van der Waals surface area contributed by atoms with Crippen LogP contribution in [0.3, 0.4) is 0 Å². The fourth-order valence-electron chi connectivity index (χ4n) is 1.68. The highest BCUT2D eigenvalue weighted by molar-refractivity contribution is 6.30. The summed E-state index contributed by atoms with van der Waals surface area (Å²) in [6.07, 6.45) is 0.489. The molecule has 20 heavy (non-hydrogen) atoms. The highest BCUT2D eigenvalue weighted by Gasteiger charge is 1.98. The van der Waals surface area contributed by atoms with Gasteiger partial charge in [-0.2, -0.15) is 0 Å². The zero-order valence-corrected chi connectivity index (χ0v) is 11.7. The Hall–Kier alpha value is -1.95. The molecule has 2 aromatic rings. The summed E-state index contributed by atoms with van der Waals surface area (Å²) < 4.78 is 5.68. The van der Waals surface area contributed by atoms with E-state index in [2.05, 4.69) is 11.8 Å². The van der Waals surface area contributed by atoms with Gasteiger partial charge in [0.05, 0.1) is 6.61 Å². The summed E-state index contributed by atoms with van der Waals surface area (Å²) in [5.74, 6) is 6.65.